The molecule has 0 bridgehead atoms. The number of rotatable bonds is 7. The van der Waals surface area contributed by atoms with Crippen molar-refractivity contribution in [1.82, 2.24) is 10.2 Å². The number of aliphatic carboxylic acids is 1. The van der Waals surface area contributed by atoms with Crippen LogP contribution in [0.25, 0.3) is 0 Å². The van der Waals surface area contributed by atoms with Crippen LogP contribution in [0.15, 0.2) is 29.2 Å². The van der Waals surface area contributed by atoms with Crippen LogP contribution < -0.4 is 5.32 Å². The molecule has 0 heterocycles. The summed E-state index contributed by atoms with van der Waals surface area (Å²) in [5.41, 5.74) is 0.165. The van der Waals surface area contributed by atoms with Crippen molar-refractivity contribution in [2.24, 2.45) is 0 Å². The molecule has 8 nitrogen and oxygen atoms in total. The van der Waals surface area contributed by atoms with Gasteiger partial charge in [0.2, 0.25) is 5.91 Å². The predicted molar refractivity (Wildman–Crippen MR) is 86.4 cm³/mol. The number of benzene rings is 1. The van der Waals surface area contributed by atoms with Crippen LogP contribution in [-0.2, 0) is 19.4 Å². The maximum atomic E-state index is 12.5. The molecule has 1 aromatic rings. The highest BCUT2D eigenvalue weighted by Crippen LogP contribution is 2.13. The maximum Gasteiger partial charge on any atom is 0.326 e. The van der Waals surface area contributed by atoms with E-state index in [0.29, 0.717) is 0 Å². The molecule has 1 unspecified atom stereocenters. The quantitative estimate of drug-likeness (QED) is 0.717. The Morgan fingerprint density at radius 2 is 1.75 bits per heavy atom. The molecule has 2 N–H and O–H groups in total. The van der Waals surface area contributed by atoms with Gasteiger partial charge < -0.3 is 15.3 Å². The number of sulfone groups is 1. The van der Waals surface area contributed by atoms with Crippen molar-refractivity contribution in [3.8, 4) is 0 Å². The maximum absolute atomic E-state index is 12.5. The number of carbonyl (C=O) groups excluding carboxylic acids is 2. The molecular formula is C15H20N2O6S. The molecule has 2 amide bonds. The fraction of sp³-hybridized carbons (Fsp3) is 0.400. The Morgan fingerprint density at radius 1 is 1.21 bits per heavy atom. The number of hydrogen-bond acceptors (Lipinski definition) is 5. The van der Waals surface area contributed by atoms with Gasteiger partial charge in [-0.1, -0.05) is 0 Å². The van der Waals surface area contributed by atoms with Gasteiger partial charge in [0, 0.05) is 31.8 Å². The zero-order valence-corrected chi connectivity index (χ0v) is 14.5. The zero-order chi connectivity index (χ0) is 18.5. The van der Waals surface area contributed by atoms with Crippen LogP contribution in [0, 0.1) is 0 Å². The topological polar surface area (TPSA) is 121 Å². The lowest BCUT2D eigenvalue weighted by molar-refractivity contribution is -0.141. The molecule has 9 heteroatoms. The van der Waals surface area contributed by atoms with Crippen LogP contribution in [0.3, 0.4) is 0 Å². The Hall–Kier alpha value is -2.42. The second-order valence-electron chi connectivity index (χ2n) is 5.29. The van der Waals surface area contributed by atoms with Crippen LogP contribution >= 0.6 is 0 Å². The summed E-state index contributed by atoms with van der Waals surface area (Å²) in [4.78, 5) is 35.8. The first-order chi connectivity index (χ1) is 11.0. The highest BCUT2D eigenvalue weighted by Gasteiger charge is 2.26. The third-order valence-electron chi connectivity index (χ3n) is 3.34. The van der Waals surface area contributed by atoms with Crippen molar-refractivity contribution in [3.63, 3.8) is 0 Å². The van der Waals surface area contributed by atoms with Crippen LogP contribution in [0.1, 0.15) is 24.2 Å². The van der Waals surface area contributed by atoms with E-state index < -0.39 is 27.8 Å². The van der Waals surface area contributed by atoms with Crippen molar-refractivity contribution in [1.29, 1.82) is 0 Å². The Balaban J connectivity index is 3.01. The molecule has 0 aliphatic rings. The molecule has 0 saturated heterocycles. The highest BCUT2D eigenvalue weighted by atomic mass is 32.2. The fourth-order valence-corrected chi connectivity index (χ4v) is 2.60. The molecule has 0 aromatic heterocycles. The van der Waals surface area contributed by atoms with Crippen molar-refractivity contribution in [3.05, 3.63) is 29.8 Å². The van der Waals surface area contributed by atoms with Gasteiger partial charge in [0.05, 0.1) is 4.90 Å². The molecule has 0 saturated carbocycles. The van der Waals surface area contributed by atoms with Crippen LogP contribution in [-0.4, -0.2) is 61.6 Å². The van der Waals surface area contributed by atoms with Gasteiger partial charge in [-0.3, -0.25) is 9.59 Å². The molecule has 0 aliphatic heterocycles. The van der Waals surface area contributed by atoms with Gasteiger partial charge in [-0.05, 0) is 31.2 Å². The van der Waals surface area contributed by atoms with E-state index >= 15 is 0 Å². The van der Waals surface area contributed by atoms with Crippen LogP contribution in [0.5, 0.6) is 0 Å². The van der Waals surface area contributed by atoms with Gasteiger partial charge in [-0.25, -0.2) is 13.2 Å². The first-order valence-corrected chi connectivity index (χ1v) is 9.01. The number of amides is 2. The minimum atomic E-state index is -3.39. The summed E-state index contributed by atoms with van der Waals surface area (Å²) < 4.78 is 22.9. The third-order valence-corrected chi connectivity index (χ3v) is 4.47. The molecule has 0 aliphatic carbocycles. The molecule has 1 atom stereocenters. The summed E-state index contributed by atoms with van der Waals surface area (Å²) >= 11 is 0. The Morgan fingerprint density at radius 3 is 2.17 bits per heavy atom. The van der Waals surface area contributed by atoms with Gasteiger partial charge >= 0.3 is 5.97 Å². The molecule has 1 rings (SSSR count). The van der Waals surface area contributed by atoms with E-state index in [1.807, 2.05) is 0 Å². The molecule has 0 fully saturated rings. The van der Waals surface area contributed by atoms with E-state index in [1.165, 1.54) is 38.1 Å². The van der Waals surface area contributed by atoms with Gasteiger partial charge in [0.15, 0.2) is 9.84 Å². The van der Waals surface area contributed by atoms with E-state index in [4.69, 9.17) is 5.11 Å². The first kappa shape index (κ1) is 19.6. The summed E-state index contributed by atoms with van der Waals surface area (Å²) in [7, 11) is -3.39. The van der Waals surface area contributed by atoms with Crippen LogP contribution in [0.2, 0.25) is 0 Å². The van der Waals surface area contributed by atoms with Crippen molar-refractivity contribution in [2.75, 3.05) is 19.3 Å². The first-order valence-electron chi connectivity index (χ1n) is 7.12. The van der Waals surface area contributed by atoms with E-state index in [2.05, 4.69) is 5.32 Å². The molecule has 132 valence electrons. The van der Waals surface area contributed by atoms with Crippen LogP contribution in [0.4, 0.5) is 0 Å². The highest BCUT2D eigenvalue weighted by molar-refractivity contribution is 7.90. The van der Waals surface area contributed by atoms with Crippen molar-refractivity contribution in [2.45, 2.75) is 24.8 Å². The summed E-state index contributed by atoms with van der Waals surface area (Å²) in [6.45, 7) is 2.80. The minimum absolute atomic E-state index is 0.0136. The van der Waals surface area contributed by atoms with Crippen molar-refractivity contribution >= 4 is 27.6 Å². The average Bonchev–Trinajstić information content (AvgIpc) is 2.49. The summed E-state index contributed by atoms with van der Waals surface area (Å²) in [5.74, 6) is -2.03. The summed E-state index contributed by atoms with van der Waals surface area (Å²) in [6, 6.07) is 4.15. The van der Waals surface area contributed by atoms with E-state index in [-0.39, 0.29) is 29.5 Å². The SMILES string of the molecule is CC(=O)NCCN(C(=O)c1ccc(S(C)(=O)=O)cc1)C(C)C(=O)O. The number of carboxylic acid groups (broad SMARTS) is 1. The smallest absolute Gasteiger partial charge is 0.326 e. The molecule has 0 spiro atoms. The molecule has 24 heavy (non-hydrogen) atoms. The summed E-state index contributed by atoms with van der Waals surface area (Å²) in [6.07, 6.45) is 1.05. The van der Waals surface area contributed by atoms with Gasteiger partial charge in [0.1, 0.15) is 6.04 Å². The average molecular weight is 356 g/mol. The number of nitrogens with one attached hydrogen (secondary N) is 1. The van der Waals surface area contributed by atoms with Gasteiger partial charge in [-0.2, -0.15) is 0 Å². The number of carbonyl (C=O) groups is 3. The largest absolute Gasteiger partial charge is 0.480 e. The van der Waals surface area contributed by atoms with E-state index in [9.17, 15) is 22.8 Å². The predicted octanol–water partition coefficient (Wildman–Crippen LogP) is 0.141. The monoisotopic (exact) mass is 356 g/mol. The third kappa shape index (κ3) is 5.34. The van der Waals surface area contributed by atoms with Gasteiger partial charge in [-0.15, -0.1) is 0 Å². The fourth-order valence-electron chi connectivity index (χ4n) is 1.97. The Bertz CT molecular complexity index is 727. The lowest BCUT2D eigenvalue weighted by Gasteiger charge is -2.26. The molecule has 1 aromatic carbocycles. The number of hydrogen-bond donors (Lipinski definition) is 2. The Kier molecular flexibility index (Phi) is 6.47. The normalized spacial score (nSPS) is 12.3. The minimum Gasteiger partial charge on any atom is -0.480 e. The van der Waals surface area contributed by atoms with E-state index in [0.717, 1.165) is 11.2 Å². The molecule has 0 radical (unpaired) electrons. The standard InChI is InChI=1S/C15H20N2O6S/c1-10(15(20)21)17(9-8-16-11(2)18)14(19)12-4-6-13(7-5-12)24(3,22)23/h4-7,10H,8-9H2,1-3H3,(H,16,18)(H,20,21). The van der Waals surface area contributed by atoms with Crippen molar-refractivity contribution < 1.29 is 27.9 Å². The Labute approximate surface area is 140 Å². The lowest BCUT2D eigenvalue weighted by atomic mass is 10.1. The number of nitrogens with zero attached hydrogens (tertiary/aromatic N) is 1. The zero-order valence-electron chi connectivity index (χ0n) is 13.6. The second kappa shape index (κ2) is 7.91. The van der Waals surface area contributed by atoms with Gasteiger partial charge in [0.25, 0.3) is 5.91 Å². The lowest BCUT2D eigenvalue weighted by Crippen LogP contribution is -2.46. The van der Waals surface area contributed by atoms with E-state index in [1.54, 1.807) is 0 Å². The second-order valence-corrected chi connectivity index (χ2v) is 7.31. The summed E-state index contributed by atoms with van der Waals surface area (Å²) in [5, 5.41) is 11.6. The number of carboxylic acids is 1. The molecular weight excluding hydrogens is 336 g/mol.